The van der Waals surface area contributed by atoms with Gasteiger partial charge in [0, 0.05) is 16.1 Å². The lowest BCUT2D eigenvalue weighted by Crippen LogP contribution is -2.20. The van der Waals surface area contributed by atoms with Crippen LogP contribution in [-0.4, -0.2) is 0 Å². The molecule has 0 aliphatic heterocycles. The molecular formula is C10H10BrF2N. The summed E-state index contributed by atoms with van der Waals surface area (Å²) in [7, 11) is 0. The Morgan fingerprint density at radius 1 is 1.43 bits per heavy atom. The molecule has 1 aliphatic carbocycles. The fraction of sp³-hybridized carbons (Fsp3) is 0.400. The molecule has 0 amide bonds. The van der Waals surface area contributed by atoms with Crippen LogP contribution in [0.4, 0.5) is 8.78 Å². The lowest BCUT2D eigenvalue weighted by atomic mass is 9.88. The Morgan fingerprint density at radius 3 is 2.86 bits per heavy atom. The Kier molecular flexibility index (Phi) is 2.58. The van der Waals surface area contributed by atoms with E-state index in [1.165, 1.54) is 6.07 Å². The van der Waals surface area contributed by atoms with E-state index in [2.05, 4.69) is 15.9 Å². The van der Waals surface area contributed by atoms with Gasteiger partial charge in [0.25, 0.3) is 0 Å². The summed E-state index contributed by atoms with van der Waals surface area (Å²) in [6, 6.07) is 0.803. The lowest BCUT2D eigenvalue weighted by Gasteiger charge is -2.23. The maximum Gasteiger partial charge on any atom is 0.163 e. The Bertz CT molecular complexity index is 379. The first-order valence-corrected chi connectivity index (χ1v) is 5.32. The van der Waals surface area contributed by atoms with Crippen LogP contribution in [0.25, 0.3) is 0 Å². The van der Waals surface area contributed by atoms with Crippen LogP contribution in [0.1, 0.15) is 30.0 Å². The maximum absolute atomic E-state index is 13.4. The van der Waals surface area contributed by atoms with Gasteiger partial charge in [0.05, 0.1) is 0 Å². The van der Waals surface area contributed by atoms with E-state index in [9.17, 15) is 8.78 Å². The number of nitrogens with two attached hydrogens (primary N) is 1. The van der Waals surface area contributed by atoms with Gasteiger partial charge in [-0.15, -0.1) is 0 Å². The van der Waals surface area contributed by atoms with E-state index in [0.29, 0.717) is 10.0 Å². The molecule has 0 spiro atoms. The van der Waals surface area contributed by atoms with Crippen molar-refractivity contribution in [3.05, 3.63) is 33.3 Å². The van der Waals surface area contributed by atoms with Crippen molar-refractivity contribution in [3.63, 3.8) is 0 Å². The van der Waals surface area contributed by atoms with E-state index >= 15 is 0 Å². The average Bonchev–Trinajstić information content (AvgIpc) is 2.14. The highest BCUT2D eigenvalue weighted by Crippen LogP contribution is 2.35. The molecule has 4 heteroatoms. The summed E-state index contributed by atoms with van der Waals surface area (Å²) in [5.74, 6) is -1.61. The van der Waals surface area contributed by atoms with E-state index in [0.717, 1.165) is 24.8 Å². The van der Waals surface area contributed by atoms with Crippen molar-refractivity contribution in [2.24, 2.45) is 5.73 Å². The second-order valence-corrected chi connectivity index (χ2v) is 4.40. The van der Waals surface area contributed by atoms with Crippen LogP contribution < -0.4 is 5.73 Å². The third kappa shape index (κ3) is 1.46. The second kappa shape index (κ2) is 3.59. The summed E-state index contributed by atoms with van der Waals surface area (Å²) in [5.41, 5.74) is 6.93. The number of hydrogen-bond acceptors (Lipinski definition) is 1. The van der Waals surface area contributed by atoms with E-state index in [1.54, 1.807) is 0 Å². The van der Waals surface area contributed by atoms with Crippen molar-refractivity contribution in [3.8, 4) is 0 Å². The molecule has 0 unspecified atom stereocenters. The van der Waals surface area contributed by atoms with Crippen molar-refractivity contribution in [2.45, 2.75) is 25.3 Å². The van der Waals surface area contributed by atoms with Gasteiger partial charge in [-0.3, -0.25) is 0 Å². The minimum absolute atomic E-state index is 0.350. The highest BCUT2D eigenvalue weighted by atomic mass is 79.9. The highest BCUT2D eigenvalue weighted by Gasteiger charge is 2.25. The topological polar surface area (TPSA) is 26.0 Å². The van der Waals surface area contributed by atoms with Gasteiger partial charge >= 0.3 is 0 Å². The van der Waals surface area contributed by atoms with Crippen molar-refractivity contribution in [1.29, 1.82) is 0 Å². The van der Waals surface area contributed by atoms with Gasteiger partial charge in [-0.1, -0.05) is 15.9 Å². The molecule has 1 aromatic carbocycles. The zero-order valence-corrected chi connectivity index (χ0v) is 9.07. The molecule has 76 valence electrons. The number of fused-ring (bicyclic) bond motifs is 1. The minimum Gasteiger partial charge on any atom is -0.324 e. The average molecular weight is 262 g/mol. The zero-order valence-electron chi connectivity index (χ0n) is 7.49. The molecule has 1 aliphatic rings. The van der Waals surface area contributed by atoms with Gasteiger partial charge in [0.1, 0.15) is 0 Å². The SMILES string of the molecule is N[C@@H]1CCCc2c(Br)cc(F)c(F)c21. The van der Waals surface area contributed by atoms with E-state index in [4.69, 9.17) is 5.73 Å². The van der Waals surface area contributed by atoms with Crippen LogP contribution in [0.5, 0.6) is 0 Å². The third-order valence-electron chi connectivity index (χ3n) is 2.63. The minimum atomic E-state index is -0.826. The molecule has 2 rings (SSSR count). The Morgan fingerprint density at radius 2 is 2.14 bits per heavy atom. The summed E-state index contributed by atoms with van der Waals surface area (Å²) in [4.78, 5) is 0. The molecule has 14 heavy (non-hydrogen) atoms. The molecule has 0 fully saturated rings. The van der Waals surface area contributed by atoms with Gasteiger partial charge in [0.15, 0.2) is 11.6 Å². The van der Waals surface area contributed by atoms with Gasteiger partial charge in [-0.2, -0.15) is 0 Å². The van der Waals surface area contributed by atoms with Crippen LogP contribution in [-0.2, 0) is 6.42 Å². The van der Waals surface area contributed by atoms with E-state index in [1.807, 2.05) is 0 Å². The number of halogens is 3. The van der Waals surface area contributed by atoms with E-state index < -0.39 is 11.6 Å². The Hall–Kier alpha value is -0.480. The van der Waals surface area contributed by atoms with Gasteiger partial charge in [-0.25, -0.2) is 8.78 Å². The van der Waals surface area contributed by atoms with Gasteiger partial charge in [0.2, 0.25) is 0 Å². The van der Waals surface area contributed by atoms with Crippen LogP contribution in [0.2, 0.25) is 0 Å². The first kappa shape index (κ1) is 10.1. The standard InChI is InChI=1S/C10H10BrF2N/c11-6-4-7(12)10(13)9-5(6)2-1-3-8(9)14/h4,8H,1-3,14H2/t8-/m1/s1. The van der Waals surface area contributed by atoms with Crippen LogP contribution in [0.15, 0.2) is 10.5 Å². The smallest absolute Gasteiger partial charge is 0.163 e. The normalized spacial score (nSPS) is 20.7. The molecule has 1 nitrogen and oxygen atoms in total. The Labute approximate surface area is 89.4 Å². The largest absolute Gasteiger partial charge is 0.324 e. The third-order valence-corrected chi connectivity index (χ3v) is 3.33. The molecule has 0 radical (unpaired) electrons. The highest BCUT2D eigenvalue weighted by molar-refractivity contribution is 9.10. The van der Waals surface area contributed by atoms with Crippen molar-refractivity contribution in [2.75, 3.05) is 0 Å². The van der Waals surface area contributed by atoms with Crippen molar-refractivity contribution < 1.29 is 8.78 Å². The van der Waals surface area contributed by atoms with Crippen molar-refractivity contribution >= 4 is 15.9 Å². The zero-order chi connectivity index (χ0) is 10.3. The summed E-state index contributed by atoms with van der Waals surface area (Å²) in [6.45, 7) is 0. The summed E-state index contributed by atoms with van der Waals surface area (Å²) in [5, 5.41) is 0. The van der Waals surface area contributed by atoms with Crippen LogP contribution in [0.3, 0.4) is 0 Å². The molecule has 1 aromatic rings. The quantitative estimate of drug-likeness (QED) is 0.714. The summed E-state index contributed by atoms with van der Waals surface area (Å²) in [6.07, 6.45) is 2.42. The fourth-order valence-electron chi connectivity index (χ4n) is 1.94. The molecule has 0 saturated heterocycles. The maximum atomic E-state index is 13.4. The monoisotopic (exact) mass is 261 g/mol. The molecule has 0 bridgehead atoms. The number of hydrogen-bond donors (Lipinski definition) is 1. The van der Waals surface area contributed by atoms with E-state index in [-0.39, 0.29) is 6.04 Å². The van der Waals surface area contributed by atoms with Crippen LogP contribution in [0, 0.1) is 11.6 Å². The summed E-state index contributed by atoms with van der Waals surface area (Å²) >= 11 is 3.23. The number of benzene rings is 1. The predicted octanol–water partition coefficient (Wildman–Crippen LogP) is 3.06. The van der Waals surface area contributed by atoms with Crippen LogP contribution >= 0.6 is 15.9 Å². The summed E-state index contributed by atoms with van der Waals surface area (Å²) < 4.78 is 27.1. The first-order valence-electron chi connectivity index (χ1n) is 4.53. The number of rotatable bonds is 0. The van der Waals surface area contributed by atoms with Gasteiger partial charge in [-0.05, 0) is 30.9 Å². The molecule has 0 heterocycles. The Balaban J connectivity index is 2.67. The molecule has 0 saturated carbocycles. The fourth-order valence-corrected chi connectivity index (χ4v) is 2.55. The first-order chi connectivity index (χ1) is 6.61. The van der Waals surface area contributed by atoms with Crippen molar-refractivity contribution in [1.82, 2.24) is 0 Å². The molecule has 0 aromatic heterocycles. The predicted molar refractivity (Wildman–Crippen MR) is 53.9 cm³/mol. The lowest BCUT2D eigenvalue weighted by molar-refractivity contribution is 0.463. The molecule has 2 N–H and O–H groups in total. The molecular weight excluding hydrogens is 252 g/mol. The second-order valence-electron chi connectivity index (χ2n) is 3.55. The molecule has 1 atom stereocenters. The van der Waals surface area contributed by atoms with Gasteiger partial charge < -0.3 is 5.73 Å².